The lowest BCUT2D eigenvalue weighted by molar-refractivity contribution is -0.475. The first-order valence-electron chi connectivity index (χ1n) is 7.44. The number of nitrogens with one attached hydrogen (secondary N) is 1. The summed E-state index contributed by atoms with van der Waals surface area (Å²) in [5, 5.41) is 22.0. The van der Waals surface area contributed by atoms with Crippen molar-refractivity contribution in [2.24, 2.45) is 0 Å². The molecule has 0 atom stereocenters. The van der Waals surface area contributed by atoms with Crippen molar-refractivity contribution in [3.8, 4) is 0 Å². The fourth-order valence-electron chi connectivity index (χ4n) is 2.60. The summed E-state index contributed by atoms with van der Waals surface area (Å²) in [6.07, 6.45) is 0. The molecule has 0 unspecified atom stereocenters. The fraction of sp³-hybridized carbons (Fsp3) is 0.462. The summed E-state index contributed by atoms with van der Waals surface area (Å²) >= 11 is 0. The average molecular weight is 491 g/mol. The molecule has 1 aromatic carbocycles. The van der Waals surface area contributed by atoms with E-state index < -0.39 is 68.1 Å². The van der Waals surface area contributed by atoms with Crippen LogP contribution in [0.5, 0.6) is 0 Å². The first kappa shape index (κ1) is 25.0. The van der Waals surface area contributed by atoms with Gasteiger partial charge in [-0.2, -0.15) is 43.9 Å². The Balaban J connectivity index is 2.71. The number of nitro groups is 2. The largest absolute Gasteiger partial charge is 0.384 e. The van der Waals surface area contributed by atoms with Crippen molar-refractivity contribution < 1.29 is 62.9 Å². The molecule has 0 aliphatic heterocycles. The zero-order chi connectivity index (χ0) is 25.3. The van der Waals surface area contributed by atoms with Gasteiger partial charge in [-0.3, -0.25) is 25.0 Å². The maximum absolute atomic E-state index is 14.6. The number of hydrogen-bond acceptors (Lipinski definition) is 5. The van der Waals surface area contributed by atoms with Crippen LogP contribution in [0.3, 0.4) is 0 Å². The summed E-state index contributed by atoms with van der Waals surface area (Å²) in [6.45, 7) is 0. The van der Waals surface area contributed by atoms with Gasteiger partial charge < -0.3 is 5.32 Å². The standard InChI is InChI=1S/C13H4F11N3O5/c14-8(7(28)25-4-1-5(26(29)30)3-6(2-4)27(31)32)9(15,16)11(19,20)13(23,24)12(21,22)10(8,17)18/h1-3H,(H,25,28). The third-order valence-electron chi connectivity index (χ3n) is 4.34. The zero-order valence-corrected chi connectivity index (χ0v) is 14.3. The lowest BCUT2D eigenvalue weighted by Crippen LogP contribution is -2.86. The smallest absolute Gasteiger partial charge is 0.322 e. The van der Waals surface area contributed by atoms with Gasteiger partial charge in [-0.25, -0.2) is 4.39 Å². The minimum Gasteiger partial charge on any atom is -0.322 e. The minimum atomic E-state index is -7.55. The molecule has 1 aliphatic carbocycles. The highest BCUT2D eigenvalue weighted by atomic mass is 19.4. The molecule has 1 fully saturated rings. The number of rotatable bonds is 4. The molecule has 0 bridgehead atoms. The number of hydrogen-bond donors (Lipinski definition) is 1. The molecule has 0 saturated heterocycles. The van der Waals surface area contributed by atoms with Crippen LogP contribution in [0.2, 0.25) is 0 Å². The highest BCUT2D eigenvalue weighted by molar-refractivity contribution is 6.00. The first-order valence-corrected chi connectivity index (χ1v) is 7.44. The summed E-state index contributed by atoms with van der Waals surface area (Å²) in [7, 11) is 0. The second kappa shape index (κ2) is 6.61. The van der Waals surface area contributed by atoms with Crippen LogP contribution >= 0.6 is 0 Å². The quantitative estimate of drug-likeness (QED) is 0.382. The topological polar surface area (TPSA) is 115 Å². The zero-order valence-electron chi connectivity index (χ0n) is 14.3. The van der Waals surface area contributed by atoms with Crippen LogP contribution in [0.1, 0.15) is 0 Å². The molecule has 1 amide bonds. The number of anilines is 1. The van der Waals surface area contributed by atoms with E-state index >= 15 is 0 Å². The van der Waals surface area contributed by atoms with Gasteiger partial charge in [0.1, 0.15) is 0 Å². The molecule has 32 heavy (non-hydrogen) atoms. The van der Waals surface area contributed by atoms with Gasteiger partial charge in [0, 0.05) is 12.1 Å². The van der Waals surface area contributed by atoms with Gasteiger partial charge in [0.05, 0.1) is 21.6 Å². The fourth-order valence-corrected chi connectivity index (χ4v) is 2.60. The predicted octanol–water partition coefficient (Wildman–Crippen LogP) is 4.34. The molecule has 178 valence electrons. The van der Waals surface area contributed by atoms with Gasteiger partial charge in [0.2, 0.25) is 0 Å². The van der Waals surface area contributed by atoms with Crippen LogP contribution in [0, 0.1) is 20.2 Å². The third kappa shape index (κ3) is 2.71. The third-order valence-corrected chi connectivity index (χ3v) is 4.34. The molecule has 0 radical (unpaired) electrons. The molecule has 0 aromatic heterocycles. The van der Waals surface area contributed by atoms with Crippen LogP contribution in [0.4, 0.5) is 65.4 Å². The normalized spacial score (nSPS) is 23.7. The number of carbonyl (C=O) groups is 1. The van der Waals surface area contributed by atoms with Crippen molar-refractivity contribution >= 4 is 23.0 Å². The van der Waals surface area contributed by atoms with Crippen LogP contribution < -0.4 is 5.32 Å². The van der Waals surface area contributed by atoms with E-state index in [1.807, 2.05) is 0 Å². The van der Waals surface area contributed by atoms with Gasteiger partial charge in [0.25, 0.3) is 17.3 Å². The van der Waals surface area contributed by atoms with Gasteiger partial charge in [-0.15, -0.1) is 0 Å². The van der Waals surface area contributed by atoms with Crippen LogP contribution in [-0.4, -0.2) is 51.0 Å². The van der Waals surface area contributed by atoms with Crippen molar-refractivity contribution in [3.63, 3.8) is 0 Å². The van der Waals surface area contributed by atoms with Crippen molar-refractivity contribution in [1.29, 1.82) is 0 Å². The number of alkyl halides is 11. The van der Waals surface area contributed by atoms with Crippen LogP contribution in [0.15, 0.2) is 18.2 Å². The Kier molecular flexibility index (Phi) is 5.16. The van der Waals surface area contributed by atoms with Gasteiger partial charge in [-0.05, 0) is 0 Å². The second-order valence-electron chi connectivity index (χ2n) is 6.24. The van der Waals surface area contributed by atoms with Crippen molar-refractivity contribution in [2.45, 2.75) is 35.3 Å². The van der Waals surface area contributed by atoms with Gasteiger partial charge in [0.15, 0.2) is 0 Å². The van der Waals surface area contributed by atoms with Crippen LogP contribution in [-0.2, 0) is 4.79 Å². The van der Waals surface area contributed by atoms with Gasteiger partial charge >= 0.3 is 35.3 Å². The Bertz CT molecular complexity index is 951. The molecule has 0 heterocycles. The van der Waals surface area contributed by atoms with E-state index in [0.29, 0.717) is 5.32 Å². The Hall–Kier alpha value is -3.28. The van der Waals surface area contributed by atoms with E-state index in [9.17, 15) is 73.3 Å². The van der Waals surface area contributed by atoms with Crippen molar-refractivity contribution in [1.82, 2.24) is 0 Å². The Labute approximate surface area is 166 Å². The van der Waals surface area contributed by atoms with E-state index in [2.05, 4.69) is 0 Å². The molecule has 2 rings (SSSR count). The lowest BCUT2D eigenvalue weighted by atomic mass is 9.71. The average Bonchev–Trinajstić information content (AvgIpc) is 2.65. The molecule has 1 aliphatic rings. The molecule has 0 spiro atoms. The minimum absolute atomic E-state index is 0.0156. The number of carbonyl (C=O) groups excluding carboxylic acids is 1. The summed E-state index contributed by atoms with van der Waals surface area (Å²) in [5.74, 6) is -41.4. The van der Waals surface area contributed by atoms with E-state index in [1.165, 1.54) is 0 Å². The molecule has 1 N–H and O–H groups in total. The van der Waals surface area contributed by atoms with Crippen molar-refractivity contribution in [3.05, 3.63) is 38.4 Å². The van der Waals surface area contributed by atoms with Crippen LogP contribution in [0.25, 0.3) is 0 Å². The SMILES string of the molecule is O=C(Nc1cc([N+](=O)[O-])cc([N+](=O)[O-])c1)C1(F)C(F)(F)C(F)(F)C(F)(F)C(F)(F)C1(F)F. The molecule has 8 nitrogen and oxygen atoms in total. The summed E-state index contributed by atoms with van der Waals surface area (Å²) in [5.41, 5.74) is -11.3. The van der Waals surface area contributed by atoms with E-state index in [-0.39, 0.29) is 18.2 Å². The highest BCUT2D eigenvalue weighted by Gasteiger charge is 3.02. The number of nitrogens with zero attached hydrogens (tertiary/aromatic N) is 2. The summed E-state index contributed by atoms with van der Waals surface area (Å²) in [4.78, 5) is 30.3. The molecule has 1 aromatic rings. The van der Waals surface area contributed by atoms with E-state index in [1.54, 1.807) is 0 Å². The monoisotopic (exact) mass is 491 g/mol. The molecule has 19 heteroatoms. The molecule has 1 saturated carbocycles. The van der Waals surface area contributed by atoms with Gasteiger partial charge in [-0.1, -0.05) is 0 Å². The number of benzene rings is 1. The maximum atomic E-state index is 14.6. The molecular formula is C13H4F11N3O5. The highest BCUT2D eigenvalue weighted by Crippen LogP contribution is 2.69. The van der Waals surface area contributed by atoms with Crippen molar-refractivity contribution in [2.75, 3.05) is 5.32 Å². The Morgan fingerprint density at radius 3 is 1.28 bits per heavy atom. The number of halogens is 11. The number of non-ortho nitro benzene ring substituents is 2. The first-order chi connectivity index (χ1) is 14.1. The number of nitro benzene ring substituents is 2. The molecular weight excluding hydrogens is 487 g/mol. The Morgan fingerprint density at radius 2 is 0.969 bits per heavy atom. The van der Waals surface area contributed by atoms with E-state index in [4.69, 9.17) is 0 Å². The Morgan fingerprint density at radius 1 is 0.656 bits per heavy atom. The summed E-state index contributed by atoms with van der Waals surface area (Å²) in [6, 6.07) is 0.129. The maximum Gasteiger partial charge on any atom is 0.384 e. The summed E-state index contributed by atoms with van der Waals surface area (Å²) < 4.78 is 150. The second-order valence-corrected chi connectivity index (χ2v) is 6.24. The predicted molar refractivity (Wildman–Crippen MR) is 77.0 cm³/mol. The lowest BCUT2D eigenvalue weighted by Gasteiger charge is -2.51. The number of amides is 1. The van der Waals surface area contributed by atoms with E-state index in [0.717, 1.165) is 0 Å².